The molecule has 21 heavy (non-hydrogen) atoms. The Morgan fingerprint density at radius 3 is 2.71 bits per heavy atom. The van der Waals surface area contributed by atoms with E-state index < -0.39 is 10.9 Å². The number of hydrogen-bond donors (Lipinski definition) is 1. The van der Waals surface area contributed by atoms with Crippen LogP contribution in [0.3, 0.4) is 0 Å². The fourth-order valence-corrected chi connectivity index (χ4v) is 2.24. The van der Waals surface area contributed by atoms with Gasteiger partial charge in [0.2, 0.25) is 11.7 Å². The van der Waals surface area contributed by atoms with E-state index in [0.717, 1.165) is 12.8 Å². The number of benzene rings is 1. The summed E-state index contributed by atoms with van der Waals surface area (Å²) >= 11 is 0. The molecule has 0 saturated heterocycles. The molecule has 7 nitrogen and oxygen atoms in total. The highest BCUT2D eigenvalue weighted by molar-refractivity contribution is 5.86. The van der Waals surface area contributed by atoms with Gasteiger partial charge in [0.1, 0.15) is 0 Å². The summed E-state index contributed by atoms with van der Waals surface area (Å²) in [6, 6.07) is 4.29. The predicted octanol–water partition coefficient (Wildman–Crippen LogP) is 3.13. The second-order valence-corrected chi connectivity index (χ2v) is 5.07. The number of nitrogens with zero attached hydrogens (tertiary/aromatic N) is 2. The van der Waals surface area contributed by atoms with Gasteiger partial charge in [-0.15, -0.1) is 0 Å². The minimum Gasteiger partial charge on any atom is -0.475 e. The van der Waals surface area contributed by atoms with Crippen LogP contribution in [0.15, 0.2) is 22.6 Å². The van der Waals surface area contributed by atoms with Crippen LogP contribution in [-0.4, -0.2) is 21.0 Å². The highest BCUT2D eigenvalue weighted by atomic mass is 16.6. The van der Waals surface area contributed by atoms with Gasteiger partial charge in [0.05, 0.1) is 10.6 Å². The average molecular weight is 288 g/mol. The monoisotopic (exact) mass is 288 g/mol. The maximum atomic E-state index is 11.2. The zero-order valence-electron chi connectivity index (χ0n) is 11.2. The molecule has 1 aliphatic rings. The molecule has 0 bridgehead atoms. The Balaban J connectivity index is 2.06. The molecule has 0 spiro atoms. The Kier molecular flexibility index (Phi) is 2.97. The molecule has 2 aromatic rings. The third-order valence-electron chi connectivity index (χ3n) is 3.46. The van der Waals surface area contributed by atoms with Crippen molar-refractivity contribution in [3.8, 4) is 11.5 Å². The van der Waals surface area contributed by atoms with Crippen LogP contribution >= 0.6 is 0 Å². The van der Waals surface area contributed by atoms with Gasteiger partial charge in [-0.3, -0.25) is 10.1 Å². The molecule has 0 aliphatic heterocycles. The number of aromatic carboxylic acids is 1. The number of non-ortho nitro benzene ring substituents is 1. The fraction of sp³-hybridized carbons (Fsp3) is 0.286. The zero-order valence-corrected chi connectivity index (χ0v) is 11.2. The lowest BCUT2D eigenvalue weighted by Crippen LogP contribution is -1.98. The summed E-state index contributed by atoms with van der Waals surface area (Å²) in [5.74, 6) is -0.936. The second-order valence-electron chi connectivity index (χ2n) is 5.07. The topological polar surface area (TPSA) is 106 Å². The van der Waals surface area contributed by atoms with Crippen molar-refractivity contribution in [2.24, 2.45) is 0 Å². The van der Waals surface area contributed by atoms with Gasteiger partial charge >= 0.3 is 5.97 Å². The van der Waals surface area contributed by atoms with Crippen LogP contribution in [-0.2, 0) is 0 Å². The van der Waals surface area contributed by atoms with E-state index in [1.165, 1.54) is 18.2 Å². The summed E-state index contributed by atoms with van der Waals surface area (Å²) in [4.78, 5) is 25.7. The van der Waals surface area contributed by atoms with Gasteiger partial charge in [0, 0.05) is 23.6 Å². The summed E-state index contributed by atoms with van der Waals surface area (Å²) in [5.41, 5.74) is 1.62. The van der Waals surface area contributed by atoms with Crippen LogP contribution in [0.1, 0.15) is 40.6 Å². The summed E-state index contributed by atoms with van der Waals surface area (Å²) in [6.45, 7) is 1.70. The van der Waals surface area contributed by atoms with E-state index in [1.54, 1.807) is 6.92 Å². The van der Waals surface area contributed by atoms with E-state index in [9.17, 15) is 14.9 Å². The molecule has 3 rings (SSSR count). The smallest absolute Gasteiger partial charge is 0.373 e. The van der Waals surface area contributed by atoms with Gasteiger partial charge in [-0.2, -0.15) is 0 Å². The van der Waals surface area contributed by atoms with Crippen molar-refractivity contribution in [1.82, 2.24) is 4.98 Å². The highest BCUT2D eigenvalue weighted by Gasteiger charge is 2.34. The van der Waals surface area contributed by atoms with Crippen molar-refractivity contribution < 1.29 is 19.2 Å². The minimum atomic E-state index is -1.14. The summed E-state index contributed by atoms with van der Waals surface area (Å²) < 4.78 is 5.36. The molecule has 0 atom stereocenters. The van der Waals surface area contributed by atoms with Crippen molar-refractivity contribution in [1.29, 1.82) is 0 Å². The van der Waals surface area contributed by atoms with Crippen LogP contribution in [0.5, 0.6) is 0 Å². The highest BCUT2D eigenvalue weighted by Crippen LogP contribution is 2.42. The summed E-state index contributed by atoms with van der Waals surface area (Å²) in [7, 11) is 0. The molecule has 7 heteroatoms. The van der Waals surface area contributed by atoms with Crippen LogP contribution in [0.4, 0.5) is 5.69 Å². The fourth-order valence-electron chi connectivity index (χ4n) is 2.24. The van der Waals surface area contributed by atoms with Gasteiger partial charge in [0.15, 0.2) is 0 Å². The lowest BCUT2D eigenvalue weighted by Gasteiger charge is -2.00. The number of aryl methyl sites for hydroxylation is 1. The van der Waals surface area contributed by atoms with Crippen molar-refractivity contribution >= 4 is 11.7 Å². The molecule has 1 heterocycles. The van der Waals surface area contributed by atoms with E-state index in [1.807, 2.05) is 0 Å². The van der Waals surface area contributed by atoms with E-state index >= 15 is 0 Å². The van der Waals surface area contributed by atoms with Crippen molar-refractivity contribution in [3.63, 3.8) is 0 Å². The number of carboxylic acids is 1. The third kappa shape index (κ3) is 2.37. The molecule has 1 saturated carbocycles. The zero-order chi connectivity index (χ0) is 15.1. The first-order valence-electron chi connectivity index (χ1n) is 6.47. The van der Waals surface area contributed by atoms with Crippen molar-refractivity contribution in [2.45, 2.75) is 25.7 Å². The number of oxazole rings is 1. The maximum absolute atomic E-state index is 11.2. The van der Waals surface area contributed by atoms with Gasteiger partial charge < -0.3 is 9.52 Å². The number of nitro benzene ring substituents is 1. The molecule has 1 fully saturated rings. The lowest BCUT2D eigenvalue weighted by molar-refractivity contribution is -0.384. The molecule has 0 radical (unpaired) electrons. The van der Waals surface area contributed by atoms with Gasteiger partial charge in [0.25, 0.3) is 5.69 Å². The maximum Gasteiger partial charge on any atom is 0.373 e. The number of aromatic nitrogens is 1. The molecule has 0 amide bonds. The van der Waals surface area contributed by atoms with E-state index in [4.69, 9.17) is 9.52 Å². The molecule has 1 N–H and O–H groups in total. The SMILES string of the molecule is Cc1cc([N+](=O)[O-])ccc1-c1nc(C2CC2)c(C(=O)O)o1. The Morgan fingerprint density at radius 1 is 1.48 bits per heavy atom. The van der Waals surface area contributed by atoms with E-state index in [-0.39, 0.29) is 23.3 Å². The number of hydrogen-bond acceptors (Lipinski definition) is 5. The second kappa shape index (κ2) is 4.69. The van der Waals surface area contributed by atoms with Gasteiger partial charge in [-0.05, 0) is 31.4 Å². The van der Waals surface area contributed by atoms with E-state index in [0.29, 0.717) is 16.8 Å². The number of nitro groups is 1. The molecular weight excluding hydrogens is 276 g/mol. The lowest BCUT2D eigenvalue weighted by atomic mass is 10.1. The Morgan fingerprint density at radius 2 is 2.19 bits per heavy atom. The van der Waals surface area contributed by atoms with Gasteiger partial charge in [-0.25, -0.2) is 9.78 Å². The normalized spacial score (nSPS) is 14.1. The number of rotatable bonds is 4. The van der Waals surface area contributed by atoms with Crippen molar-refractivity contribution in [2.75, 3.05) is 0 Å². The molecular formula is C14H12N2O5. The van der Waals surface area contributed by atoms with E-state index in [2.05, 4.69) is 4.98 Å². The molecule has 0 unspecified atom stereocenters. The first-order chi connectivity index (χ1) is 9.97. The molecule has 1 aromatic carbocycles. The average Bonchev–Trinajstić information content (AvgIpc) is 3.17. The Hall–Kier alpha value is -2.70. The van der Waals surface area contributed by atoms with Crippen LogP contribution in [0.2, 0.25) is 0 Å². The summed E-state index contributed by atoms with van der Waals surface area (Å²) in [5, 5.41) is 19.9. The minimum absolute atomic E-state index is 0.0244. The Labute approximate surface area is 119 Å². The number of carbonyl (C=O) groups is 1. The molecule has 1 aliphatic carbocycles. The Bertz CT molecular complexity index is 746. The molecule has 1 aromatic heterocycles. The third-order valence-corrected chi connectivity index (χ3v) is 3.46. The van der Waals surface area contributed by atoms with Crippen LogP contribution in [0, 0.1) is 17.0 Å². The molecule has 108 valence electrons. The first kappa shape index (κ1) is 13.3. The largest absolute Gasteiger partial charge is 0.475 e. The number of carboxylic acid groups (broad SMARTS) is 1. The standard InChI is InChI=1S/C14H12N2O5/c1-7-6-9(16(19)20)4-5-10(7)13-15-11(8-2-3-8)12(21-13)14(17)18/h4-6,8H,2-3H2,1H3,(H,17,18). The van der Waals surface area contributed by atoms with Crippen molar-refractivity contribution in [3.05, 3.63) is 45.3 Å². The van der Waals surface area contributed by atoms with Crippen LogP contribution in [0.25, 0.3) is 11.5 Å². The first-order valence-corrected chi connectivity index (χ1v) is 6.47. The van der Waals surface area contributed by atoms with Gasteiger partial charge in [-0.1, -0.05) is 0 Å². The predicted molar refractivity (Wildman–Crippen MR) is 72.3 cm³/mol. The van der Waals surface area contributed by atoms with Crippen LogP contribution < -0.4 is 0 Å². The quantitative estimate of drug-likeness (QED) is 0.684. The summed E-state index contributed by atoms with van der Waals surface area (Å²) in [6.07, 6.45) is 1.82.